The SMILES string of the molecule is CCCCCN(CC)C(=S)CC[NH]. The van der Waals surface area contributed by atoms with E-state index >= 15 is 0 Å². The third-order valence-electron chi connectivity index (χ3n) is 2.10. The topological polar surface area (TPSA) is 27.0 Å². The Morgan fingerprint density at radius 3 is 2.46 bits per heavy atom. The van der Waals surface area contributed by atoms with Crippen molar-refractivity contribution in [2.45, 2.75) is 39.5 Å². The van der Waals surface area contributed by atoms with Gasteiger partial charge in [0.2, 0.25) is 0 Å². The molecule has 0 heterocycles. The molecule has 13 heavy (non-hydrogen) atoms. The van der Waals surface area contributed by atoms with Crippen molar-refractivity contribution in [3.63, 3.8) is 0 Å². The van der Waals surface area contributed by atoms with Gasteiger partial charge in [0.15, 0.2) is 0 Å². The van der Waals surface area contributed by atoms with Crippen LogP contribution in [0.2, 0.25) is 0 Å². The minimum absolute atomic E-state index is 0.420. The molecule has 0 aliphatic carbocycles. The molecule has 3 heteroatoms. The van der Waals surface area contributed by atoms with Crippen LogP contribution in [0.1, 0.15) is 39.5 Å². The number of unbranched alkanes of at least 4 members (excludes halogenated alkanes) is 2. The maximum atomic E-state index is 7.10. The Bertz CT molecular complexity index is 137. The van der Waals surface area contributed by atoms with E-state index in [1.165, 1.54) is 19.3 Å². The van der Waals surface area contributed by atoms with Crippen LogP contribution in [0.5, 0.6) is 0 Å². The fraction of sp³-hybridized carbons (Fsp3) is 0.900. The molecule has 0 bridgehead atoms. The van der Waals surface area contributed by atoms with E-state index in [1.807, 2.05) is 0 Å². The zero-order valence-electron chi connectivity index (χ0n) is 8.81. The minimum Gasteiger partial charge on any atom is -0.366 e. The molecule has 0 aromatic carbocycles. The summed E-state index contributed by atoms with van der Waals surface area (Å²) in [5.74, 6) is 0. The smallest absolute Gasteiger partial charge is 0.0792 e. The van der Waals surface area contributed by atoms with Gasteiger partial charge in [0.25, 0.3) is 0 Å². The first-order valence-electron chi connectivity index (χ1n) is 5.18. The zero-order valence-corrected chi connectivity index (χ0v) is 9.62. The highest BCUT2D eigenvalue weighted by Gasteiger charge is 2.05. The van der Waals surface area contributed by atoms with Gasteiger partial charge < -0.3 is 4.90 Å². The van der Waals surface area contributed by atoms with Gasteiger partial charge in [-0.15, -0.1) is 0 Å². The average molecular weight is 201 g/mol. The van der Waals surface area contributed by atoms with Gasteiger partial charge in [-0.1, -0.05) is 32.0 Å². The molecule has 0 aromatic heterocycles. The van der Waals surface area contributed by atoms with Crippen LogP contribution in [-0.2, 0) is 0 Å². The van der Waals surface area contributed by atoms with Crippen molar-refractivity contribution >= 4 is 17.2 Å². The first-order valence-corrected chi connectivity index (χ1v) is 5.59. The van der Waals surface area contributed by atoms with Crippen molar-refractivity contribution in [2.24, 2.45) is 0 Å². The maximum absolute atomic E-state index is 7.10. The van der Waals surface area contributed by atoms with E-state index in [0.29, 0.717) is 6.54 Å². The Kier molecular flexibility index (Phi) is 8.35. The lowest BCUT2D eigenvalue weighted by Crippen LogP contribution is -2.30. The standard InChI is InChI=1S/C10H21N2S/c1-3-5-6-9-12(4-2)10(13)7-8-11/h11H,3-9H2,1-2H3. The largest absolute Gasteiger partial charge is 0.366 e. The average Bonchev–Trinajstić information content (AvgIpc) is 2.13. The van der Waals surface area contributed by atoms with Crippen molar-refractivity contribution < 1.29 is 0 Å². The number of rotatable bonds is 7. The van der Waals surface area contributed by atoms with Crippen molar-refractivity contribution in [1.82, 2.24) is 10.6 Å². The predicted octanol–water partition coefficient (Wildman–Crippen LogP) is 2.50. The van der Waals surface area contributed by atoms with Crippen LogP contribution in [0, 0.1) is 0 Å². The second-order valence-corrected chi connectivity index (χ2v) is 3.65. The predicted molar refractivity (Wildman–Crippen MR) is 62.0 cm³/mol. The van der Waals surface area contributed by atoms with E-state index in [-0.39, 0.29) is 0 Å². The van der Waals surface area contributed by atoms with Crippen LogP contribution in [0.4, 0.5) is 0 Å². The number of nitrogens with zero attached hydrogens (tertiary/aromatic N) is 1. The second kappa shape index (κ2) is 8.45. The summed E-state index contributed by atoms with van der Waals surface area (Å²) in [6, 6.07) is 0. The Balaban J connectivity index is 3.67. The lowest BCUT2D eigenvalue weighted by molar-refractivity contribution is 0.422. The third-order valence-corrected chi connectivity index (χ3v) is 2.57. The monoisotopic (exact) mass is 201 g/mol. The molecule has 2 nitrogen and oxygen atoms in total. The van der Waals surface area contributed by atoms with Crippen molar-refractivity contribution in [3.8, 4) is 0 Å². The molecule has 0 rings (SSSR count). The summed E-state index contributed by atoms with van der Waals surface area (Å²) in [5, 5.41) is 0. The highest BCUT2D eigenvalue weighted by atomic mass is 32.1. The molecule has 0 atom stereocenters. The summed E-state index contributed by atoms with van der Waals surface area (Å²) < 4.78 is 0. The fourth-order valence-corrected chi connectivity index (χ4v) is 1.60. The van der Waals surface area contributed by atoms with E-state index in [4.69, 9.17) is 18.0 Å². The highest BCUT2D eigenvalue weighted by Crippen LogP contribution is 2.01. The molecule has 0 saturated heterocycles. The molecule has 0 amide bonds. The quantitative estimate of drug-likeness (QED) is 0.467. The molecular weight excluding hydrogens is 180 g/mol. The van der Waals surface area contributed by atoms with Crippen LogP contribution in [-0.4, -0.2) is 29.5 Å². The van der Waals surface area contributed by atoms with Crippen LogP contribution in [0.3, 0.4) is 0 Å². The van der Waals surface area contributed by atoms with Gasteiger partial charge in [-0.3, -0.25) is 5.73 Å². The van der Waals surface area contributed by atoms with E-state index in [0.717, 1.165) is 24.5 Å². The molecule has 0 aromatic rings. The van der Waals surface area contributed by atoms with Gasteiger partial charge in [-0.25, -0.2) is 0 Å². The first kappa shape index (κ1) is 12.8. The number of nitrogens with one attached hydrogen (secondary N) is 1. The van der Waals surface area contributed by atoms with E-state index in [2.05, 4.69) is 18.7 Å². The summed E-state index contributed by atoms with van der Waals surface area (Å²) in [7, 11) is 0. The lowest BCUT2D eigenvalue weighted by Gasteiger charge is -2.23. The van der Waals surface area contributed by atoms with E-state index in [9.17, 15) is 0 Å². The van der Waals surface area contributed by atoms with Gasteiger partial charge in [0, 0.05) is 26.1 Å². The van der Waals surface area contributed by atoms with Crippen LogP contribution in [0.25, 0.3) is 0 Å². The Morgan fingerprint density at radius 1 is 1.31 bits per heavy atom. The summed E-state index contributed by atoms with van der Waals surface area (Å²) >= 11 is 5.23. The molecule has 0 aliphatic rings. The van der Waals surface area contributed by atoms with Crippen LogP contribution in [0.15, 0.2) is 0 Å². The van der Waals surface area contributed by atoms with Gasteiger partial charge in [0.05, 0.1) is 4.99 Å². The van der Waals surface area contributed by atoms with E-state index in [1.54, 1.807) is 0 Å². The second-order valence-electron chi connectivity index (χ2n) is 3.18. The van der Waals surface area contributed by atoms with Gasteiger partial charge in [0.1, 0.15) is 0 Å². The summed E-state index contributed by atoms with van der Waals surface area (Å²) in [5.41, 5.74) is 7.10. The fourth-order valence-electron chi connectivity index (χ4n) is 1.28. The minimum atomic E-state index is 0.420. The van der Waals surface area contributed by atoms with E-state index < -0.39 is 0 Å². The molecule has 77 valence electrons. The zero-order chi connectivity index (χ0) is 10.1. The normalized spacial score (nSPS) is 10.1. The third kappa shape index (κ3) is 5.99. The highest BCUT2D eigenvalue weighted by molar-refractivity contribution is 7.80. The van der Waals surface area contributed by atoms with Crippen LogP contribution < -0.4 is 5.73 Å². The Hall–Kier alpha value is -0.150. The summed E-state index contributed by atoms with van der Waals surface area (Å²) in [4.78, 5) is 3.19. The van der Waals surface area contributed by atoms with Crippen molar-refractivity contribution in [2.75, 3.05) is 19.6 Å². The van der Waals surface area contributed by atoms with Gasteiger partial charge in [-0.2, -0.15) is 0 Å². The summed E-state index contributed by atoms with van der Waals surface area (Å²) in [6.07, 6.45) is 4.50. The molecule has 0 saturated carbocycles. The summed E-state index contributed by atoms with van der Waals surface area (Å²) in [6.45, 7) is 6.81. The number of thiocarbonyl (C=S) groups is 1. The molecule has 0 fully saturated rings. The molecular formula is C10H21N2S. The maximum Gasteiger partial charge on any atom is 0.0792 e. The lowest BCUT2D eigenvalue weighted by atomic mass is 10.2. The molecule has 0 aliphatic heterocycles. The molecule has 0 unspecified atom stereocenters. The van der Waals surface area contributed by atoms with Crippen LogP contribution >= 0.6 is 12.2 Å². The Morgan fingerprint density at radius 2 is 2.00 bits per heavy atom. The number of hydrogen-bond acceptors (Lipinski definition) is 1. The molecule has 1 N–H and O–H groups in total. The van der Waals surface area contributed by atoms with Gasteiger partial charge in [-0.05, 0) is 13.3 Å². The van der Waals surface area contributed by atoms with Crippen molar-refractivity contribution in [3.05, 3.63) is 0 Å². The van der Waals surface area contributed by atoms with Gasteiger partial charge >= 0.3 is 0 Å². The van der Waals surface area contributed by atoms with Crippen molar-refractivity contribution in [1.29, 1.82) is 0 Å². The number of hydrogen-bond donors (Lipinski definition) is 0. The molecule has 0 spiro atoms. The molecule has 1 radical (unpaired) electrons. The first-order chi connectivity index (χ1) is 6.26. The Labute approximate surface area is 87.5 Å².